The Balaban J connectivity index is 1.76. The largest absolute Gasteiger partial charge is 0.371 e. The maximum absolute atomic E-state index is 13.4. The summed E-state index contributed by atoms with van der Waals surface area (Å²) in [6, 6.07) is 13.2. The Bertz CT molecular complexity index is 1010. The first kappa shape index (κ1) is 18.5. The molecule has 1 amide bonds. The third kappa shape index (κ3) is 3.24. The summed E-state index contributed by atoms with van der Waals surface area (Å²) in [5.74, 6) is 0.769. The quantitative estimate of drug-likeness (QED) is 0.668. The van der Waals surface area contributed by atoms with Gasteiger partial charge < -0.3 is 9.80 Å². The van der Waals surface area contributed by atoms with Crippen molar-refractivity contribution in [2.45, 2.75) is 19.8 Å². The number of fused-ring (bicyclic) bond motifs is 1. The average molecular weight is 396 g/mol. The number of carbonyl (C=O) groups excluding carboxylic acids is 1. The maximum atomic E-state index is 13.4. The number of likely N-dealkylation sites (N-methyl/N-ethyl adjacent to an activating group) is 1. The van der Waals surface area contributed by atoms with Crippen LogP contribution in [-0.2, 0) is 0 Å². The van der Waals surface area contributed by atoms with Crippen molar-refractivity contribution in [1.29, 1.82) is 0 Å². The average Bonchev–Trinajstić information content (AvgIpc) is 3.14. The minimum atomic E-state index is -0.131. The first-order valence-corrected chi connectivity index (χ1v) is 9.67. The number of hydrogen-bond acceptors (Lipinski definition) is 4. The number of carbonyl (C=O) groups is 1. The van der Waals surface area contributed by atoms with Gasteiger partial charge in [0.15, 0.2) is 11.5 Å². The molecular formula is C21H22ClN5O. The van der Waals surface area contributed by atoms with Crippen molar-refractivity contribution < 1.29 is 4.79 Å². The van der Waals surface area contributed by atoms with Crippen LogP contribution in [0.3, 0.4) is 0 Å². The highest BCUT2D eigenvalue weighted by Gasteiger charge is 2.29. The topological polar surface area (TPSA) is 54.3 Å². The molecule has 0 aliphatic carbocycles. The molecule has 1 aromatic carbocycles. The smallest absolute Gasteiger partial charge is 0.278 e. The fourth-order valence-corrected chi connectivity index (χ4v) is 3.62. The Labute approximate surface area is 169 Å². The number of amides is 1. The number of anilines is 2. The van der Waals surface area contributed by atoms with E-state index in [0.717, 1.165) is 23.6 Å². The van der Waals surface area contributed by atoms with Gasteiger partial charge in [0.1, 0.15) is 0 Å². The van der Waals surface area contributed by atoms with Crippen molar-refractivity contribution >= 4 is 28.9 Å². The van der Waals surface area contributed by atoms with Gasteiger partial charge in [0.2, 0.25) is 0 Å². The number of hydrogen-bond donors (Lipinski definition) is 0. The monoisotopic (exact) mass is 395 g/mol. The summed E-state index contributed by atoms with van der Waals surface area (Å²) in [6.07, 6.45) is 1.72. The Morgan fingerprint density at radius 3 is 2.64 bits per heavy atom. The van der Waals surface area contributed by atoms with E-state index < -0.39 is 0 Å². The predicted octanol–water partition coefficient (Wildman–Crippen LogP) is 4.14. The van der Waals surface area contributed by atoms with Gasteiger partial charge in [-0.05, 0) is 42.3 Å². The second kappa shape index (κ2) is 7.28. The highest BCUT2D eigenvalue weighted by atomic mass is 35.5. The van der Waals surface area contributed by atoms with E-state index in [1.54, 1.807) is 15.8 Å². The van der Waals surface area contributed by atoms with E-state index in [4.69, 9.17) is 11.6 Å². The minimum absolute atomic E-state index is 0.131. The van der Waals surface area contributed by atoms with Gasteiger partial charge in [-0.1, -0.05) is 31.5 Å². The molecule has 0 spiro atoms. The van der Waals surface area contributed by atoms with Crippen LogP contribution in [0.15, 0.2) is 48.7 Å². The van der Waals surface area contributed by atoms with Gasteiger partial charge in [-0.15, -0.1) is 0 Å². The summed E-state index contributed by atoms with van der Waals surface area (Å²) in [5, 5.41) is 5.21. The second-order valence-corrected chi connectivity index (χ2v) is 7.66. The van der Waals surface area contributed by atoms with Gasteiger partial charge in [-0.3, -0.25) is 4.79 Å². The summed E-state index contributed by atoms with van der Waals surface area (Å²) in [6.45, 7) is 5.49. The second-order valence-electron chi connectivity index (χ2n) is 7.22. The van der Waals surface area contributed by atoms with E-state index in [0.29, 0.717) is 23.1 Å². The molecule has 0 N–H and O–H groups in total. The molecule has 0 saturated heterocycles. The number of aromatic nitrogens is 3. The first-order valence-electron chi connectivity index (χ1n) is 9.29. The molecule has 0 bridgehead atoms. The van der Waals surface area contributed by atoms with Gasteiger partial charge in [0.25, 0.3) is 5.91 Å². The Kier molecular flexibility index (Phi) is 4.81. The molecule has 0 unspecified atom stereocenters. The lowest BCUT2D eigenvalue weighted by atomic mass is 10.1. The normalized spacial score (nSPS) is 13.8. The van der Waals surface area contributed by atoms with Crippen LogP contribution in [0.2, 0.25) is 5.02 Å². The summed E-state index contributed by atoms with van der Waals surface area (Å²) < 4.78 is 1.76. The van der Waals surface area contributed by atoms with Crippen molar-refractivity contribution in [2.75, 3.05) is 29.9 Å². The lowest BCUT2D eigenvalue weighted by molar-refractivity contribution is 0.0981. The van der Waals surface area contributed by atoms with Crippen molar-refractivity contribution in [2.24, 2.45) is 0 Å². The number of halogens is 1. The molecule has 0 fully saturated rings. The maximum Gasteiger partial charge on any atom is 0.278 e. The molecule has 1 aliphatic rings. The van der Waals surface area contributed by atoms with Gasteiger partial charge in [-0.2, -0.15) is 5.10 Å². The van der Waals surface area contributed by atoms with Crippen molar-refractivity contribution in [3.8, 4) is 5.82 Å². The molecule has 0 saturated carbocycles. The Hall–Kier alpha value is -2.86. The van der Waals surface area contributed by atoms with Crippen LogP contribution in [-0.4, -0.2) is 40.8 Å². The van der Waals surface area contributed by atoms with Crippen molar-refractivity contribution in [3.05, 3.63) is 65.1 Å². The van der Waals surface area contributed by atoms with E-state index in [1.807, 2.05) is 49.5 Å². The van der Waals surface area contributed by atoms with Gasteiger partial charge in [0.05, 0.1) is 11.4 Å². The van der Waals surface area contributed by atoms with Crippen LogP contribution in [0.5, 0.6) is 0 Å². The SMILES string of the molecule is CC(C)c1cc(C(=O)N2CCN(C)c3ccc(Cl)cc32)nn1-c1ccccn1. The summed E-state index contributed by atoms with van der Waals surface area (Å²) >= 11 is 6.21. The van der Waals surface area contributed by atoms with Gasteiger partial charge in [-0.25, -0.2) is 9.67 Å². The van der Waals surface area contributed by atoms with Crippen LogP contribution in [0, 0.1) is 0 Å². The zero-order valence-corrected chi connectivity index (χ0v) is 16.9. The van der Waals surface area contributed by atoms with Crippen LogP contribution in [0.4, 0.5) is 11.4 Å². The summed E-state index contributed by atoms with van der Waals surface area (Å²) in [4.78, 5) is 21.6. The van der Waals surface area contributed by atoms with Crippen LogP contribution in [0.25, 0.3) is 5.82 Å². The fraction of sp³-hybridized carbons (Fsp3) is 0.286. The Morgan fingerprint density at radius 1 is 1.11 bits per heavy atom. The number of rotatable bonds is 3. The molecule has 0 atom stereocenters. The summed E-state index contributed by atoms with van der Waals surface area (Å²) in [5.41, 5.74) is 3.15. The third-order valence-electron chi connectivity index (χ3n) is 4.96. The zero-order valence-electron chi connectivity index (χ0n) is 16.1. The van der Waals surface area contributed by atoms with E-state index >= 15 is 0 Å². The molecule has 3 heterocycles. The number of benzene rings is 1. The number of nitrogens with zero attached hydrogens (tertiary/aromatic N) is 5. The Morgan fingerprint density at radius 2 is 1.93 bits per heavy atom. The first-order chi connectivity index (χ1) is 13.5. The van der Waals surface area contributed by atoms with E-state index in [1.165, 1.54) is 0 Å². The van der Waals surface area contributed by atoms with Crippen LogP contribution >= 0.6 is 11.6 Å². The molecule has 7 heteroatoms. The molecule has 28 heavy (non-hydrogen) atoms. The van der Waals surface area contributed by atoms with Crippen molar-refractivity contribution in [3.63, 3.8) is 0 Å². The standard InChI is InChI=1S/C21H22ClN5O/c1-14(2)18-13-16(24-27(18)20-6-4-5-9-23-20)21(28)26-11-10-25(3)17-8-7-15(22)12-19(17)26/h4-9,12-14H,10-11H2,1-3H3. The van der Waals surface area contributed by atoms with Gasteiger partial charge >= 0.3 is 0 Å². The lowest BCUT2D eigenvalue weighted by Gasteiger charge is -2.35. The molecule has 144 valence electrons. The molecule has 3 aromatic rings. The molecular weight excluding hydrogens is 374 g/mol. The van der Waals surface area contributed by atoms with E-state index in [9.17, 15) is 4.79 Å². The fourth-order valence-electron chi connectivity index (χ4n) is 3.45. The van der Waals surface area contributed by atoms with Crippen molar-refractivity contribution in [1.82, 2.24) is 14.8 Å². The number of pyridine rings is 1. The molecule has 1 aliphatic heterocycles. The van der Waals surface area contributed by atoms with E-state index in [-0.39, 0.29) is 11.8 Å². The predicted molar refractivity (Wildman–Crippen MR) is 112 cm³/mol. The van der Waals surface area contributed by atoms with Crippen LogP contribution in [0.1, 0.15) is 35.9 Å². The van der Waals surface area contributed by atoms with Gasteiger partial charge in [0, 0.05) is 37.1 Å². The zero-order chi connectivity index (χ0) is 19.8. The molecule has 6 nitrogen and oxygen atoms in total. The van der Waals surface area contributed by atoms with Crippen LogP contribution < -0.4 is 9.80 Å². The van der Waals surface area contributed by atoms with E-state index in [2.05, 4.69) is 28.8 Å². The highest BCUT2D eigenvalue weighted by molar-refractivity contribution is 6.31. The summed E-state index contributed by atoms with van der Waals surface area (Å²) in [7, 11) is 2.02. The molecule has 4 rings (SSSR count). The molecule has 0 radical (unpaired) electrons. The lowest BCUT2D eigenvalue weighted by Crippen LogP contribution is -2.42. The highest BCUT2D eigenvalue weighted by Crippen LogP contribution is 2.35. The molecule has 2 aromatic heterocycles. The minimum Gasteiger partial charge on any atom is -0.371 e. The third-order valence-corrected chi connectivity index (χ3v) is 5.19.